The van der Waals surface area contributed by atoms with Crippen LogP contribution in [0.15, 0.2) is 59.0 Å². The van der Waals surface area contributed by atoms with E-state index >= 15 is 0 Å². The molecule has 1 aliphatic heterocycles. The van der Waals surface area contributed by atoms with Crippen molar-refractivity contribution < 1.29 is 27.2 Å². The SMILES string of the molecule is C=CCN1C(=O)/C(=C/c2ccc(-c3cccc(C(F)(F)F)c3)o2)C(=O)NC1=S. The van der Waals surface area contributed by atoms with E-state index < -0.39 is 23.6 Å². The largest absolute Gasteiger partial charge is 0.457 e. The molecule has 2 aromatic rings. The van der Waals surface area contributed by atoms with Crippen molar-refractivity contribution in [2.24, 2.45) is 0 Å². The Bertz CT molecular complexity index is 1010. The molecule has 1 fully saturated rings. The lowest BCUT2D eigenvalue weighted by Gasteiger charge is -2.27. The van der Waals surface area contributed by atoms with Crippen LogP contribution in [0, 0.1) is 0 Å². The number of hydrogen-bond acceptors (Lipinski definition) is 4. The monoisotopic (exact) mass is 406 g/mol. The van der Waals surface area contributed by atoms with Gasteiger partial charge in [-0.25, -0.2) is 0 Å². The van der Waals surface area contributed by atoms with Crippen molar-refractivity contribution >= 4 is 35.2 Å². The van der Waals surface area contributed by atoms with Gasteiger partial charge in [-0.15, -0.1) is 6.58 Å². The summed E-state index contributed by atoms with van der Waals surface area (Å²) in [6, 6.07) is 7.56. The number of nitrogens with zero attached hydrogens (tertiary/aromatic N) is 1. The molecule has 1 saturated heterocycles. The van der Waals surface area contributed by atoms with Crippen LogP contribution in [0.4, 0.5) is 13.2 Å². The predicted octanol–water partition coefficient (Wildman–Crippen LogP) is 3.78. The van der Waals surface area contributed by atoms with E-state index in [1.165, 1.54) is 36.4 Å². The summed E-state index contributed by atoms with van der Waals surface area (Å²) < 4.78 is 44.1. The lowest BCUT2D eigenvalue weighted by Crippen LogP contribution is -2.53. The summed E-state index contributed by atoms with van der Waals surface area (Å²) in [5.74, 6) is -1.00. The molecule has 0 saturated carbocycles. The summed E-state index contributed by atoms with van der Waals surface area (Å²) in [4.78, 5) is 25.7. The van der Waals surface area contributed by atoms with Crippen LogP contribution in [-0.4, -0.2) is 28.4 Å². The molecule has 144 valence electrons. The van der Waals surface area contributed by atoms with Crippen LogP contribution in [0.1, 0.15) is 11.3 Å². The number of halogens is 3. The van der Waals surface area contributed by atoms with Crippen LogP contribution in [-0.2, 0) is 15.8 Å². The minimum Gasteiger partial charge on any atom is -0.457 e. The first kappa shape index (κ1) is 19.6. The normalized spacial score (nSPS) is 16.5. The van der Waals surface area contributed by atoms with Gasteiger partial charge in [-0.3, -0.25) is 19.8 Å². The molecule has 0 bridgehead atoms. The molecule has 0 spiro atoms. The molecule has 1 aromatic carbocycles. The van der Waals surface area contributed by atoms with Crippen molar-refractivity contribution in [3.8, 4) is 11.3 Å². The molecule has 2 amide bonds. The zero-order valence-electron chi connectivity index (χ0n) is 14.2. The van der Waals surface area contributed by atoms with E-state index in [1.807, 2.05) is 0 Å². The summed E-state index contributed by atoms with van der Waals surface area (Å²) in [7, 11) is 0. The maximum atomic E-state index is 12.9. The van der Waals surface area contributed by atoms with E-state index in [-0.39, 0.29) is 34.3 Å². The Kier molecular flexibility index (Phi) is 5.19. The molecule has 2 heterocycles. The van der Waals surface area contributed by atoms with Gasteiger partial charge in [-0.1, -0.05) is 18.2 Å². The molecule has 1 aromatic heterocycles. The van der Waals surface area contributed by atoms with Gasteiger partial charge in [0, 0.05) is 12.1 Å². The van der Waals surface area contributed by atoms with Gasteiger partial charge in [0.15, 0.2) is 5.11 Å². The molecule has 0 atom stereocenters. The molecule has 1 N–H and O–H groups in total. The molecular weight excluding hydrogens is 393 g/mol. The van der Waals surface area contributed by atoms with Gasteiger partial charge in [0.2, 0.25) is 0 Å². The van der Waals surface area contributed by atoms with Gasteiger partial charge in [0.1, 0.15) is 17.1 Å². The number of alkyl halides is 3. The molecule has 0 radical (unpaired) electrons. The van der Waals surface area contributed by atoms with Crippen LogP contribution in [0.3, 0.4) is 0 Å². The zero-order valence-corrected chi connectivity index (χ0v) is 15.1. The molecule has 0 unspecified atom stereocenters. The fraction of sp³-hybridized carbons (Fsp3) is 0.105. The second-order valence-electron chi connectivity index (χ2n) is 5.80. The number of benzene rings is 1. The quantitative estimate of drug-likeness (QED) is 0.363. The van der Waals surface area contributed by atoms with E-state index in [9.17, 15) is 22.8 Å². The molecule has 3 rings (SSSR count). The molecular formula is C19H13F3N2O3S. The Morgan fingerprint density at radius 2 is 1.96 bits per heavy atom. The van der Waals surface area contributed by atoms with Crippen molar-refractivity contribution in [1.82, 2.24) is 10.2 Å². The Balaban J connectivity index is 1.92. The van der Waals surface area contributed by atoms with Gasteiger partial charge in [0.05, 0.1) is 5.56 Å². The van der Waals surface area contributed by atoms with Crippen molar-refractivity contribution in [1.29, 1.82) is 0 Å². The second-order valence-corrected chi connectivity index (χ2v) is 6.19. The number of carbonyl (C=O) groups is 2. The van der Waals surface area contributed by atoms with Crippen molar-refractivity contribution in [3.05, 3.63) is 65.9 Å². The maximum Gasteiger partial charge on any atom is 0.416 e. The van der Waals surface area contributed by atoms with Gasteiger partial charge in [-0.05, 0) is 42.6 Å². The molecule has 0 aliphatic carbocycles. The number of amides is 2. The van der Waals surface area contributed by atoms with E-state index in [0.29, 0.717) is 0 Å². The van der Waals surface area contributed by atoms with Gasteiger partial charge in [0.25, 0.3) is 11.8 Å². The minimum absolute atomic E-state index is 0.0313. The lowest BCUT2D eigenvalue weighted by molar-refractivity contribution is -0.137. The molecule has 9 heteroatoms. The Labute approximate surface area is 163 Å². The summed E-state index contributed by atoms with van der Waals surface area (Å²) in [6.45, 7) is 3.64. The highest BCUT2D eigenvalue weighted by molar-refractivity contribution is 7.80. The predicted molar refractivity (Wildman–Crippen MR) is 99.8 cm³/mol. The van der Waals surface area contributed by atoms with Crippen molar-refractivity contribution in [2.45, 2.75) is 6.18 Å². The van der Waals surface area contributed by atoms with E-state index in [1.54, 1.807) is 0 Å². The van der Waals surface area contributed by atoms with Crippen molar-refractivity contribution in [2.75, 3.05) is 6.54 Å². The Morgan fingerprint density at radius 1 is 1.21 bits per heavy atom. The second kappa shape index (κ2) is 7.43. The zero-order chi connectivity index (χ0) is 20.5. The number of nitrogens with one attached hydrogen (secondary N) is 1. The third-order valence-corrected chi connectivity index (χ3v) is 4.21. The van der Waals surface area contributed by atoms with E-state index in [2.05, 4.69) is 11.9 Å². The smallest absolute Gasteiger partial charge is 0.416 e. The molecule has 5 nitrogen and oxygen atoms in total. The highest BCUT2D eigenvalue weighted by Gasteiger charge is 2.33. The van der Waals surface area contributed by atoms with E-state index in [4.69, 9.17) is 16.6 Å². The number of rotatable bonds is 4. The first-order valence-electron chi connectivity index (χ1n) is 7.98. The first-order chi connectivity index (χ1) is 13.2. The highest BCUT2D eigenvalue weighted by atomic mass is 32.1. The average molecular weight is 406 g/mol. The first-order valence-corrected chi connectivity index (χ1v) is 8.39. The van der Waals surface area contributed by atoms with E-state index in [0.717, 1.165) is 17.0 Å². The maximum absolute atomic E-state index is 12.9. The van der Waals surface area contributed by atoms with Crippen LogP contribution in [0.2, 0.25) is 0 Å². The molecule has 1 aliphatic rings. The third kappa shape index (κ3) is 3.89. The summed E-state index contributed by atoms with van der Waals surface area (Å²) in [6.07, 6.45) is -1.81. The number of hydrogen-bond donors (Lipinski definition) is 1. The Morgan fingerprint density at radius 3 is 2.64 bits per heavy atom. The van der Waals surface area contributed by atoms with Crippen LogP contribution < -0.4 is 5.32 Å². The fourth-order valence-corrected chi connectivity index (χ4v) is 2.82. The number of thiocarbonyl (C=S) groups is 1. The van der Waals surface area contributed by atoms with Crippen LogP contribution in [0.5, 0.6) is 0 Å². The fourth-order valence-electron chi connectivity index (χ4n) is 2.57. The number of carbonyl (C=O) groups excluding carboxylic acids is 2. The lowest BCUT2D eigenvalue weighted by atomic mass is 10.1. The minimum atomic E-state index is -4.48. The standard InChI is InChI=1S/C19H13F3N2O3S/c1-2-8-24-17(26)14(16(25)23-18(24)28)10-13-6-7-15(27-13)11-4-3-5-12(9-11)19(20,21)22/h2-7,9-10H,1,8H2,(H,23,25,28)/b14-10+. The third-order valence-electron chi connectivity index (χ3n) is 3.89. The Hall–Kier alpha value is -3.20. The van der Waals surface area contributed by atoms with Crippen LogP contribution in [0.25, 0.3) is 17.4 Å². The van der Waals surface area contributed by atoms with Crippen molar-refractivity contribution in [3.63, 3.8) is 0 Å². The summed E-state index contributed by atoms with van der Waals surface area (Å²) in [5, 5.41) is 2.36. The van der Waals surface area contributed by atoms with Gasteiger partial charge < -0.3 is 4.42 Å². The van der Waals surface area contributed by atoms with Crippen LogP contribution >= 0.6 is 12.2 Å². The van der Waals surface area contributed by atoms with Gasteiger partial charge >= 0.3 is 6.18 Å². The topological polar surface area (TPSA) is 62.6 Å². The molecule has 28 heavy (non-hydrogen) atoms. The highest BCUT2D eigenvalue weighted by Crippen LogP contribution is 2.33. The average Bonchev–Trinajstić information content (AvgIpc) is 3.10. The number of furan rings is 1. The summed E-state index contributed by atoms with van der Waals surface area (Å²) in [5.41, 5.74) is -0.800. The van der Waals surface area contributed by atoms with Gasteiger partial charge in [-0.2, -0.15) is 13.2 Å². The summed E-state index contributed by atoms with van der Waals surface area (Å²) >= 11 is 4.96.